The van der Waals surface area contributed by atoms with Crippen LogP contribution in [-0.2, 0) is 11.8 Å². The maximum atomic E-state index is 12.0. The Labute approximate surface area is 120 Å². The Morgan fingerprint density at radius 2 is 2.05 bits per heavy atom. The van der Waals surface area contributed by atoms with Gasteiger partial charge < -0.3 is 18.8 Å². The monoisotopic (exact) mass is 287 g/mol. The third kappa shape index (κ3) is 2.60. The van der Waals surface area contributed by atoms with Gasteiger partial charge in [-0.1, -0.05) is 0 Å². The maximum Gasteiger partial charge on any atom is 0.355 e. The van der Waals surface area contributed by atoms with E-state index < -0.39 is 5.97 Å². The Morgan fingerprint density at radius 3 is 2.81 bits per heavy atom. The summed E-state index contributed by atoms with van der Waals surface area (Å²) >= 11 is 0. The standard InChI is InChI=1S/C15H13NO5/c1-16-6-2-3-11(16)15(18)19-8-12(17)10-4-5-13-14(7-10)21-9-20-13/h2-7H,8-9H2,1H3. The van der Waals surface area contributed by atoms with Crippen molar-refractivity contribution in [2.24, 2.45) is 7.05 Å². The number of fused-ring (bicyclic) bond motifs is 1. The van der Waals surface area contributed by atoms with Gasteiger partial charge in [0.2, 0.25) is 6.79 Å². The Bertz CT molecular complexity index is 704. The number of hydrogen-bond acceptors (Lipinski definition) is 5. The summed E-state index contributed by atoms with van der Waals surface area (Å²) in [6.45, 7) is -0.168. The number of carbonyl (C=O) groups is 2. The van der Waals surface area contributed by atoms with E-state index in [1.54, 1.807) is 48.1 Å². The molecule has 21 heavy (non-hydrogen) atoms. The highest BCUT2D eigenvalue weighted by Gasteiger charge is 2.18. The third-order valence-corrected chi connectivity index (χ3v) is 3.18. The number of benzene rings is 1. The number of ketones is 1. The molecule has 0 spiro atoms. The molecule has 1 aliphatic heterocycles. The van der Waals surface area contributed by atoms with Crippen molar-refractivity contribution in [2.45, 2.75) is 0 Å². The lowest BCUT2D eigenvalue weighted by atomic mass is 10.1. The summed E-state index contributed by atoms with van der Waals surface area (Å²) in [4.78, 5) is 23.8. The predicted octanol–water partition coefficient (Wildman–Crippen LogP) is 1.79. The van der Waals surface area contributed by atoms with Gasteiger partial charge in [-0.25, -0.2) is 4.79 Å². The van der Waals surface area contributed by atoms with Crippen molar-refractivity contribution >= 4 is 11.8 Å². The van der Waals surface area contributed by atoms with Crippen LogP contribution in [0.1, 0.15) is 20.8 Å². The van der Waals surface area contributed by atoms with Crippen molar-refractivity contribution in [3.8, 4) is 11.5 Å². The zero-order valence-corrected chi connectivity index (χ0v) is 11.4. The minimum absolute atomic E-state index is 0.148. The number of hydrogen-bond donors (Lipinski definition) is 0. The Hall–Kier alpha value is -2.76. The van der Waals surface area contributed by atoms with Crippen LogP contribution in [0, 0.1) is 0 Å². The van der Waals surface area contributed by atoms with Crippen LogP contribution in [0.2, 0.25) is 0 Å². The largest absolute Gasteiger partial charge is 0.454 e. The molecule has 0 atom stereocenters. The summed E-state index contributed by atoms with van der Waals surface area (Å²) in [5.74, 6) is 0.300. The molecule has 1 aromatic carbocycles. The number of ether oxygens (including phenoxy) is 3. The van der Waals surface area contributed by atoms with E-state index in [-0.39, 0.29) is 19.2 Å². The second-order valence-corrected chi connectivity index (χ2v) is 4.57. The molecule has 1 aliphatic rings. The van der Waals surface area contributed by atoms with E-state index in [4.69, 9.17) is 14.2 Å². The smallest absolute Gasteiger partial charge is 0.355 e. The van der Waals surface area contributed by atoms with Gasteiger partial charge >= 0.3 is 5.97 Å². The van der Waals surface area contributed by atoms with Gasteiger partial charge in [0.25, 0.3) is 0 Å². The molecule has 0 unspecified atom stereocenters. The van der Waals surface area contributed by atoms with Crippen molar-refractivity contribution < 1.29 is 23.8 Å². The molecule has 108 valence electrons. The lowest BCUT2D eigenvalue weighted by molar-refractivity contribution is 0.0465. The lowest BCUT2D eigenvalue weighted by Crippen LogP contribution is -2.16. The van der Waals surface area contributed by atoms with Gasteiger partial charge in [-0.05, 0) is 30.3 Å². The highest BCUT2D eigenvalue weighted by atomic mass is 16.7. The van der Waals surface area contributed by atoms with Gasteiger partial charge in [-0.2, -0.15) is 0 Å². The molecule has 0 saturated heterocycles. The van der Waals surface area contributed by atoms with Crippen molar-refractivity contribution in [2.75, 3.05) is 13.4 Å². The molecule has 0 aliphatic carbocycles. The molecule has 2 heterocycles. The van der Waals surface area contributed by atoms with Gasteiger partial charge in [-0.3, -0.25) is 4.79 Å². The van der Waals surface area contributed by atoms with Crippen LogP contribution in [0.25, 0.3) is 0 Å². The molecule has 0 fully saturated rings. The summed E-state index contributed by atoms with van der Waals surface area (Å²) in [6, 6.07) is 8.23. The summed E-state index contributed by atoms with van der Waals surface area (Å²) in [7, 11) is 1.73. The second-order valence-electron chi connectivity index (χ2n) is 4.57. The minimum atomic E-state index is -0.531. The normalized spacial score (nSPS) is 12.2. The first-order valence-electron chi connectivity index (χ1n) is 6.36. The second kappa shape index (κ2) is 5.32. The minimum Gasteiger partial charge on any atom is -0.454 e. The molecular formula is C15H13NO5. The molecule has 3 rings (SSSR count). The fraction of sp³-hybridized carbons (Fsp3) is 0.200. The Morgan fingerprint density at radius 1 is 1.24 bits per heavy atom. The van der Waals surface area contributed by atoms with Crippen LogP contribution in [0.5, 0.6) is 11.5 Å². The molecule has 2 aromatic rings. The molecule has 0 saturated carbocycles. The lowest BCUT2D eigenvalue weighted by Gasteiger charge is -2.06. The number of aromatic nitrogens is 1. The SMILES string of the molecule is Cn1cccc1C(=O)OCC(=O)c1ccc2c(c1)OCO2. The van der Waals surface area contributed by atoms with E-state index in [2.05, 4.69) is 0 Å². The fourth-order valence-electron chi connectivity index (χ4n) is 2.03. The molecule has 0 bridgehead atoms. The quantitative estimate of drug-likeness (QED) is 0.633. The van der Waals surface area contributed by atoms with E-state index in [0.717, 1.165) is 0 Å². The third-order valence-electron chi connectivity index (χ3n) is 3.18. The summed E-state index contributed by atoms with van der Waals surface area (Å²) in [6.07, 6.45) is 1.73. The van der Waals surface area contributed by atoms with Crippen LogP contribution in [0.3, 0.4) is 0 Å². The van der Waals surface area contributed by atoms with Crippen LogP contribution in [0.4, 0.5) is 0 Å². The summed E-state index contributed by atoms with van der Waals surface area (Å²) in [5, 5.41) is 0. The highest BCUT2D eigenvalue weighted by Crippen LogP contribution is 2.32. The molecule has 6 nitrogen and oxygen atoms in total. The highest BCUT2D eigenvalue weighted by molar-refractivity contribution is 5.99. The number of esters is 1. The van der Waals surface area contributed by atoms with E-state index in [0.29, 0.717) is 22.8 Å². The van der Waals surface area contributed by atoms with Crippen molar-refractivity contribution in [1.29, 1.82) is 0 Å². The number of nitrogens with zero attached hydrogens (tertiary/aromatic N) is 1. The van der Waals surface area contributed by atoms with E-state index in [1.165, 1.54) is 0 Å². The molecule has 0 radical (unpaired) electrons. The molecular weight excluding hydrogens is 274 g/mol. The van der Waals surface area contributed by atoms with Crippen LogP contribution < -0.4 is 9.47 Å². The number of Topliss-reactive ketones (excluding diaryl/α,β-unsaturated/α-hetero) is 1. The number of rotatable bonds is 4. The maximum absolute atomic E-state index is 12.0. The topological polar surface area (TPSA) is 66.8 Å². The van der Waals surface area contributed by atoms with Crippen LogP contribution in [-0.4, -0.2) is 29.7 Å². The summed E-state index contributed by atoms with van der Waals surface area (Å²) < 4.78 is 17.0. The average molecular weight is 287 g/mol. The predicted molar refractivity (Wildman–Crippen MR) is 72.6 cm³/mol. The Kier molecular flexibility index (Phi) is 3.35. The molecule has 6 heteroatoms. The Balaban J connectivity index is 1.64. The van der Waals surface area contributed by atoms with Crippen molar-refractivity contribution in [3.63, 3.8) is 0 Å². The fourth-order valence-corrected chi connectivity index (χ4v) is 2.03. The van der Waals surface area contributed by atoms with E-state index in [9.17, 15) is 9.59 Å². The zero-order chi connectivity index (χ0) is 14.8. The van der Waals surface area contributed by atoms with Crippen LogP contribution >= 0.6 is 0 Å². The number of aryl methyl sites for hydroxylation is 1. The summed E-state index contributed by atoms with van der Waals surface area (Å²) in [5.41, 5.74) is 0.812. The van der Waals surface area contributed by atoms with Gasteiger partial charge in [0.15, 0.2) is 23.9 Å². The average Bonchev–Trinajstić information content (AvgIpc) is 3.11. The molecule has 0 amide bonds. The van der Waals surface area contributed by atoms with Crippen molar-refractivity contribution in [1.82, 2.24) is 4.57 Å². The van der Waals surface area contributed by atoms with Crippen molar-refractivity contribution in [3.05, 3.63) is 47.8 Å². The zero-order valence-electron chi connectivity index (χ0n) is 11.4. The van der Waals surface area contributed by atoms with Gasteiger partial charge in [0.1, 0.15) is 5.69 Å². The van der Waals surface area contributed by atoms with E-state index >= 15 is 0 Å². The van der Waals surface area contributed by atoms with Gasteiger partial charge in [0.05, 0.1) is 0 Å². The van der Waals surface area contributed by atoms with Gasteiger partial charge in [-0.15, -0.1) is 0 Å². The number of carbonyl (C=O) groups excluding carboxylic acids is 2. The molecule has 1 aromatic heterocycles. The first kappa shape index (κ1) is 13.2. The molecule has 0 N–H and O–H groups in total. The van der Waals surface area contributed by atoms with Crippen LogP contribution in [0.15, 0.2) is 36.5 Å². The van der Waals surface area contributed by atoms with Gasteiger partial charge in [0, 0.05) is 18.8 Å². The van der Waals surface area contributed by atoms with E-state index in [1.807, 2.05) is 0 Å². The first-order valence-corrected chi connectivity index (χ1v) is 6.36. The first-order chi connectivity index (χ1) is 10.1.